The van der Waals surface area contributed by atoms with Crippen LogP contribution in [0.15, 0.2) is 0 Å². The summed E-state index contributed by atoms with van der Waals surface area (Å²) >= 11 is 0. The molecule has 3 N–H and O–H groups in total. The molecule has 0 radical (unpaired) electrons. The van der Waals surface area contributed by atoms with Gasteiger partial charge in [-0.3, -0.25) is 4.57 Å². The highest BCUT2D eigenvalue weighted by Gasteiger charge is 2.64. The SMILES string of the molecule is CC[C@H]1C(O)C2C3CC[C@H]([C@H](C)CCCP(=O)(O)OC)[C@@]3(C)CCC2[C@@]2(C)CC[C@@H](O)C[C@@H]12. The first-order valence-electron chi connectivity index (χ1n) is 13.7. The standard InChI is InChI=1S/C27H49O5P/c1-6-19-23-16-18(28)11-13-27(23,4)22-12-14-26(3)20(9-10-21(26)24(22)25(19)29)17(2)8-7-15-33(30,31)32-5/h17-25,28-29H,6-16H2,1-5H3,(H,30,31)/t17-,18-,19-,20-,21?,22?,23+,24?,25?,26-,27-/m1/s1. The Morgan fingerprint density at radius 3 is 2.36 bits per heavy atom. The van der Waals surface area contributed by atoms with Gasteiger partial charge in [0, 0.05) is 13.3 Å². The normalized spacial score (nSPS) is 50.1. The van der Waals surface area contributed by atoms with E-state index in [1.165, 1.54) is 32.8 Å². The van der Waals surface area contributed by atoms with Crippen molar-refractivity contribution in [3.63, 3.8) is 0 Å². The van der Waals surface area contributed by atoms with Crippen LogP contribution in [0.25, 0.3) is 0 Å². The van der Waals surface area contributed by atoms with Crippen molar-refractivity contribution in [2.45, 2.75) is 104 Å². The topological polar surface area (TPSA) is 87.0 Å². The summed E-state index contributed by atoms with van der Waals surface area (Å²) in [4.78, 5) is 9.77. The quantitative estimate of drug-likeness (QED) is 0.394. The summed E-state index contributed by atoms with van der Waals surface area (Å²) in [6, 6.07) is 0. The van der Waals surface area contributed by atoms with Gasteiger partial charge in [-0.15, -0.1) is 0 Å². The van der Waals surface area contributed by atoms with E-state index in [1.54, 1.807) is 0 Å². The molecule has 0 aromatic rings. The van der Waals surface area contributed by atoms with Crippen LogP contribution >= 0.6 is 7.60 Å². The molecule has 6 heteroatoms. The molecule has 4 aliphatic rings. The Kier molecular flexibility index (Phi) is 7.53. The number of fused-ring (bicyclic) bond motifs is 5. The molecule has 4 rings (SSSR count). The van der Waals surface area contributed by atoms with Gasteiger partial charge in [0.2, 0.25) is 0 Å². The molecule has 0 amide bonds. The van der Waals surface area contributed by atoms with Crippen LogP contribution < -0.4 is 0 Å². The predicted molar refractivity (Wildman–Crippen MR) is 132 cm³/mol. The van der Waals surface area contributed by atoms with Crippen LogP contribution in [0.2, 0.25) is 0 Å². The van der Waals surface area contributed by atoms with Crippen LogP contribution in [0.5, 0.6) is 0 Å². The second-order valence-electron chi connectivity index (χ2n) is 12.8. The first kappa shape index (κ1) is 26.1. The van der Waals surface area contributed by atoms with Gasteiger partial charge in [0.25, 0.3) is 0 Å². The van der Waals surface area contributed by atoms with Crippen molar-refractivity contribution in [3.8, 4) is 0 Å². The third kappa shape index (κ3) is 4.41. The van der Waals surface area contributed by atoms with Crippen LogP contribution in [0.4, 0.5) is 0 Å². The summed E-state index contributed by atoms with van der Waals surface area (Å²) < 4.78 is 16.7. The molecule has 4 saturated carbocycles. The second-order valence-corrected chi connectivity index (χ2v) is 14.9. The molecule has 0 spiro atoms. The van der Waals surface area contributed by atoms with Gasteiger partial charge in [0.05, 0.1) is 12.2 Å². The fourth-order valence-corrected chi connectivity index (χ4v) is 10.6. The molecule has 0 heterocycles. The van der Waals surface area contributed by atoms with E-state index in [-0.39, 0.29) is 29.2 Å². The maximum atomic E-state index is 11.9. The predicted octanol–water partition coefficient (Wildman–Crippen LogP) is 5.86. The van der Waals surface area contributed by atoms with Crippen LogP contribution in [0.1, 0.15) is 91.9 Å². The molecule has 0 aromatic carbocycles. The zero-order valence-electron chi connectivity index (χ0n) is 21.6. The number of rotatable bonds is 7. The molecule has 0 bridgehead atoms. The van der Waals surface area contributed by atoms with E-state index in [4.69, 9.17) is 4.52 Å². The van der Waals surface area contributed by atoms with Crippen LogP contribution in [-0.4, -0.2) is 40.6 Å². The van der Waals surface area contributed by atoms with Gasteiger partial charge in [-0.2, -0.15) is 0 Å². The third-order valence-corrected chi connectivity index (χ3v) is 13.0. The summed E-state index contributed by atoms with van der Waals surface area (Å²) in [5.41, 5.74) is 0.499. The van der Waals surface area contributed by atoms with E-state index in [0.717, 1.165) is 38.5 Å². The lowest BCUT2D eigenvalue weighted by atomic mass is 9.41. The fourth-order valence-electron chi connectivity index (χ4n) is 9.84. The number of aliphatic hydroxyl groups is 2. The van der Waals surface area contributed by atoms with Crippen LogP contribution in [0.3, 0.4) is 0 Å². The van der Waals surface area contributed by atoms with E-state index in [1.807, 2.05) is 0 Å². The van der Waals surface area contributed by atoms with Gasteiger partial charge in [-0.25, -0.2) is 0 Å². The molecular weight excluding hydrogens is 435 g/mol. The van der Waals surface area contributed by atoms with Gasteiger partial charge in [-0.05, 0) is 110 Å². The van der Waals surface area contributed by atoms with Crippen LogP contribution in [-0.2, 0) is 9.09 Å². The van der Waals surface area contributed by atoms with Crippen molar-refractivity contribution in [1.82, 2.24) is 0 Å². The molecule has 5 nitrogen and oxygen atoms in total. The molecule has 0 aromatic heterocycles. The van der Waals surface area contributed by atoms with Crippen molar-refractivity contribution < 1.29 is 24.2 Å². The van der Waals surface area contributed by atoms with Crippen molar-refractivity contribution in [2.24, 2.45) is 52.3 Å². The molecule has 33 heavy (non-hydrogen) atoms. The zero-order chi connectivity index (χ0) is 24.2. The van der Waals surface area contributed by atoms with E-state index < -0.39 is 7.60 Å². The average molecular weight is 485 g/mol. The summed E-state index contributed by atoms with van der Waals surface area (Å²) in [5.74, 6) is 3.41. The maximum absolute atomic E-state index is 11.9. The molecule has 5 unspecified atom stereocenters. The Hall–Kier alpha value is 0.0700. The third-order valence-electron chi connectivity index (χ3n) is 11.5. The minimum Gasteiger partial charge on any atom is -0.393 e. The zero-order valence-corrected chi connectivity index (χ0v) is 22.5. The second kappa shape index (κ2) is 9.51. The van der Waals surface area contributed by atoms with Crippen molar-refractivity contribution in [1.29, 1.82) is 0 Å². The van der Waals surface area contributed by atoms with Gasteiger partial charge in [0.1, 0.15) is 0 Å². The van der Waals surface area contributed by atoms with Crippen LogP contribution in [0, 0.1) is 52.3 Å². The highest BCUT2D eigenvalue weighted by Crippen LogP contribution is 2.69. The maximum Gasteiger partial charge on any atom is 0.327 e. The summed E-state index contributed by atoms with van der Waals surface area (Å²) in [6.45, 7) is 9.57. The number of hydrogen-bond donors (Lipinski definition) is 3. The van der Waals surface area contributed by atoms with Gasteiger partial charge in [-0.1, -0.05) is 34.1 Å². The Morgan fingerprint density at radius 2 is 1.70 bits per heavy atom. The van der Waals surface area contributed by atoms with E-state index in [9.17, 15) is 19.7 Å². The lowest BCUT2D eigenvalue weighted by Crippen LogP contribution is -2.62. The highest BCUT2D eigenvalue weighted by atomic mass is 31.2. The first-order chi connectivity index (χ1) is 15.5. The van der Waals surface area contributed by atoms with Gasteiger partial charge >= 0.3 is 7.60 Å². The van der Waals surface area contributed by atoms with E-state index in [0.29, 0.717) is 41.4 Å². The Bertz CT molecular complexity index is 744. The minimum absolute atomic E-state index is 0.196. The van der Waals surface area contributed by atoms with Gasteiger partial charge < -0.3 is 19.6 Å². The van der Waals surface area contributed by atoms with E-state index >= 15 is 0 Å². The Labute approximate surface area is 201 Å². The summed E-state index contributed by atoms with van der Waals surface area (Å²) in [6.07, 6.45) is 10.3. The Balaban J connectivity index is 1.53. The molecule has 0 aliphatic heterocycles. The average Bonchev–Trinajstić information content (AvgIpc) is 3.12. The lowest BCUT2D eigenvalue weighted by Gasteiger charge is -2.64. The summed E-state index contributed by atoms with van der Waals surface area (Å²) in [5, 5.41) is 22.3. The molecule has 192 valence electrons. The highest BCUT2D eigenvalue weighted by molar-refractivity contribution is 7.52. The minimum atomic E-state index is -3.42. The molecule has 12 atom stereocenters. The smallest absolute Gasteiger partial charge is 0.327 e. The number of hydrogen-bond acceptors (Lipinski definition) is 4. The fraction of sp³-hybridized carbons (Fsp3) is 1.00. The first-order valence-corrected chi connectivity index (χ1v) is 15.5. The Morgan fingerprint density at radius 1 is 1.03 bits per heavy atom. The van der Waals surface area contributed by atoms with Crippen molar-refractivity contribution >= 4 is 7.60 Å². The molecule has 0 saturated heterocycles. The largest absolute Gasteiger partial charge is 0.393 e. The number of aliphatic hydroxyl groups excluding tert-OH is 2. The monoisotopic (exact) mass is 484 g/mol. The van der Waals surface area contributed by atoms with Gasteiger partial charge in [0.15, 0.2) is 0 Å². The van der Waals surface area contributed by atoms with Crippen molar-refractivity contribution in [2.75, 3.05) is 13.3 Å². The molecule has 4 fully saturated rings. The lowest BCUT2D eigenvalue weighted by molar-refractivity contribution is -0.203. The van der Waals surface area contributed by atoms with Crippen molar-refractivity contribution in [3.05, 3.63) is 0 Å². The summed E-state index contributed by atoms with van der Waals surface area (Å²) in [7, 11) is -2.10. The molecular formula is C27H49O5P. The van der Waals surface area contributed by atoms with E-state index in [2.05, 4.69) is 27.7 Å². The molecule has 4 aliphatic carbocycles.